The Labute approximate surface area is 159 Å². The van der Waals surface area contributed by atoms with Crippen molar-refractivity contribution in [1.29, 1.82) is 0 Å². The van der Waals surface area contributed by atoms with E-state index in [-0.39, 0.29) is 11.2 Å². The lowest BCUT2D eigenvalue weighted by atomic mass is 10.1. The standard InChI is InChI=1S/C22H15FN4O/c1-14-20(15-7-3-2-4-8-15)21-24-13-16-18(27(21)25-14)11-12-26(22(16)28)19-10-6-5-9-17(19)23/h2-13H,1H3. The lowest BCUT2D eigenvalue weighted by Crippen LogP contribution is -2.19. The summed E-state index contributed by atoms with van der Waals surface area (Å²) in [5.41, 5.74) is 3.95. The molecule has 2 aromatic carbocycles. The molecule has 0 saturated heterocycles. The molecule has 0 atom stereocenters. The van der Waals surface area contributed by atoms with Gasteiger partial charge in [0.05, 0.1) is 22.3 Å². The molecule has 0 N–H and O–H groups in total. The predicted octanol–water partition coefficient (Wildman–Crippen LogP) is 4.15. The molecule has 3 aromatic heterocycles. The average molecular weight is 370 g/mol. The Balaban J connectivity index is 1.80. The molecule has 0 aliphatic rings. The minimum Gasteiger partial charge on any atom is -0.281 e. The van der Waals surface area contributed by atoms with Crippen LogP contribution in [0.4, 0.5) is 4.39 Å². The molecule has 3 heterocycles. The number of pyridine rings is 1. The van der Waals surface area contributed by atoms with Gasteiger partial charge >= 0.3 is 0 Å². The van der Waals surface area contributed by atoms with E-state index in [0.29, 0.717) is 16.6 Å². The highest BCUT2D eigenvalue weighted by Crippen LogP contribution is 2.28. The van der Waals surface area contributed by atoms with Crippen molar-refractivity contribution in [2.75, 3.05) is 0 Å². The third-order valence-electron chi connectivity index (χ3n) is 4.86. The summed E-state index contributed by atoms with van der Waals surface area (Å²) in [5, 5.41) is 4.99. The number of aryl methyl sites for hydroxylation is 1. The first-order chi connectivity index (χ1) is 13.6. The minimum atomic E-state index is -0.459. The van der Waals surface area contributed by atoms with Crippen LogP contribution in [-0.4, -0.2) is 19.2 Å². The number of fused-ring (bicyclic) bond motifs is 3. The van der Waals surface area contributed by atoms with Gasteiger partial charge in [0.2, 0.25) is 0 Å². The van der Waals surface area contributed by atoms with Crippen molar-refractivity contribution in [3.63, 3.8) is 0 Å². The van der Waals surface area contributed by atoms with Crippen molar-refractivity contribution in [3.05, 3.63) is 94.9 Å². The fraction of sp³-hybridized carbons (Fsp3) is 0.0455. The van der Waals surface area contributed by atoms with Crippen molar-refractivity contribution in [2.24, 2.45) is 0 Å². The van der Waals surface area contributed by atoms with E-state index in [1.807, 2.05) is 37.3 Å². The Hall–Kier alpha value is -3.80. The van der Waals surface area contributed by atoms with Gasteiger partial charge in [-0.1, -0.05) is 42.5 Å². The van der Waals surface area contributed by atoms with E-state index in [2.05, 4.69) is 10.1 Å². The number of aromatic nitrogens is 4. The van der Waals surface area contributed by atoms with Crippen molar-refractivity contribution >= 4 is 16.6 Å². The normalized spacial score (nSPS) is 11.4. The largest absolute Gasteiger partial charge is 0.281 e. The molecule has 6 heteroatoms. The number of halogens is 1. The van der Waals surface area contributed by atoms with Crippen LogP contribution in [0, 0.1) is 12.7 Å². The van der Waals surface area contributed by atoms with Crippen molar-refractivity contribution in [3.8, 4) is 16.8 Å². The zero-order chi connectivity index (χ0) is 19.3. The van der Waals surface area contributed by atoms with Crippen molar-refractivity contribution in [2.45, 2.75) is 6.92 Å². The van der Waals surface area contributed by atoms with Crippen LogP contribution in [0.15, 0.2) is 77.9 Å². The monoisotopic (exact) mass is 370 g/mol. The summed E-state index contributed by atoms with van der Waals surface area (Å²) in [7, 11) is 0. The maximum Gasteiger partial charge on any atom is 0.266 e. The fourth-order valence-electron chi connectivity index (χ4n) is 3.56. The van der Waals surface area contributed by atoms with Crippen LogP contribution in [0.1, 0.15) is 5.69 Å². The molecule has 28 heavy (non-hydrogen) atoms. The van der Waals surface area contributed by atoms with E-state index >= 15 is 0 Å². The van der Waals surface area contributed by atoms with Crippen molar-refractivity contribution in [1.82, 2.24) is 19.2 Å². The molecule has 0 radical (unpaired) electrons. The number of benzene rings is 2. The quantitative estimate of drug-likeness (QED) is 0.469. The summed E-state index contributed by atoms with van der Waals surface area (Å²) in [4.78, 5) is 17.5. The molecule has 5 rings (SSSR count). The smallest absolute Gasteiger partial charge is 0.266 e. The molecule has 0 amide bonds. The number of hydrogen-bond acceptors (Lipinski definition) is 3. The third-order valence-corrected chi connectivity index (χ3v) is 4.86. The molecule has 0 bridgehead atoms. The Kier molecular flexibility index (Phi) is 3.58. The van der Waals surface area contributed by atoms with Gasteiger partial charge in [-0.3, -0.25) is 9.36 Å². The molecular formula is C22H15FN4O. The topological polar surface area (TPSA) is 52.2 Å². The molecule has 0 saturated carbocycles. The maximum absolute atomic E-state index is 14.2. The zero-order valence-electron chi connectivity index (χ0n) is 15.0. The first kappa shape index (κ1) is 16.4. The van der Waals surface area contributed by atoms with E-state index in [9.17, 15) is 9.18 Å². The number of hydrogen-bond donors (Lipinski definition) is 0. The van der Waals surface area contributed by atoms with Crippen LogP contribution in [-0.2, 0) is 0 Å². The van der Waals surface area contributed by atoms with Gasteiger partial charge in [-0.2, -0.15) is 5.10 Å². The Morgan fingerprint density at radius 3 is 2.50 bits per heavy atom. The Morgan fingerprint density at radius 2 is 1.71 bits per heavy atom. The van der Waals surface area contributed by atoms with Crippen LogP contribution in [0.5, 0.6) is 0 Å². The summed E-state index contributed by atoms with van der Waals surface area (Å²) in [5.74, 6) is -0.459. The van der Waals surface area contributed by atoms with Gasteiger partial charge in [-0.25, -0.2) is 13.9 Å². The summed E-state index contributed by atoms with van der Waals surface area (Å²) in [6, 6.07) is 17.8. The summed E-state index contributed by atoms with van der Waals surface area (Å²) >= 11 is 0. The Morgan fingerprint density at radius 1 is 0.964 bits per heavy atom. The zero-order valence-corrected chi connectivity index (χ0v) is 15.0. The lowest BCUT2D eigenvalue weighted by molar-refractivity contribution is 0.616. The molecular weight excluding hydrogens is 355 g/mol. The van der Waals surface area contributed by atoms with Gasteiger partial charge in [0.15, 0.2) is 5.65 Å². The highest BCUT2D eigenvalue weighted by Gasteiger charge is 2.17. The highest BCUT2D eigenvalue weighted by molar-refractivity contribution is 5.86. The van der Waals surface area contributed by atoms with Gasteiger partial charge < -0.3 is 0 Å². The Bertz CT molecular complexity index is 1400. The maximum atomic E-state index is 14.2. The van der Waals surface area contributed by atoms with Crippen LogP contribution >= 0.6 is 0 Å². The van der Waals surface area contributed by atoms with Gasteiger partial charge in [0, 0.05) is 18.0 Å². The van der Waals surface area contributed by atoms with E-state index in [1.54, 1.807) is 35.0 Å². The van der Waals surface area contributed by atoms with Gasteiger partial charge in [0.25, 0.3) is 5.56 Å². The molecule has 0 fully saturated rings. The summed E-state index contributed by atoms with van der Waals surface area (Å²) < 4.78 is 17.1. The molecule has 5 nitrogen and oxygen atoms in total. The second-order valence-electron chi connectivity index (χ2n) is 6.56. The number of rotatable bonds is 2. The molecule has 0 spiro atoms. The first-order valence-corrected chi connectivity index (χ1v) is 8.85. The average Bonchev–Trinajstić information content (AvgIpc) is 3.06. The summed E-state index contributed by atoms with van der Waals surface area (Å²) in [6.45, 7) is 1.92. The second kappa shape index (κ2) is 6.13. The highest BCUT2D eigenvalue weighted by atomic mass is 19.1. The lowest BCUT2D eigenvalue weighted by Gasteiger charge is -2.09. The fourth-order valence-corrected chi connectivity index (χ4v) is 3.56. The molecule has 5 aromatic rings. The van der Waals surface area contributed by atoms with E-state index in [0.717, 1.165) is 16.8 Å². The van der Waals surface area contributed by atoms with Crippen LogP contribution in [0.3, 0.4) is 0 Å². The van der Waals surface area contributed by atoms with Crippen LogP contribution in [0.2, 0.25) is 0 Å². The molecule has 0 aliphatic heterocycles. The summed E-state index contributed by atoms with van der Waals surface area (Å²) in [6.07, 6.45) is 3.11. The second-order valence-corrected chi connectivity index (χ2v) is 6.56. The number of para-hydroxylation sites is 1. The predicted molar refractivity (Wildman–Crippen MR) is 106 cm³/mol. The van der Waals surface area contributed by atoms with E-state index in [1.165, 1.54) is 16.8 Å². The molecule has 0 aliphatic carbocycles. The van der Waals surface area contributed by atoms with E-state index in [4.69, 9.17) is 0 Å². The van der Waals surface area contributed by atoms with E-state index < -0.39 is 5.82 Å². The first-order valence-electron chi connectivity index (χ1n) is 8.85. The molecule has 136 valence electrons. The van der Waals surface area contributed by atoms with Crippen LogP contribution < -0.4 is 5.56 Å². The van der Waals surface area contributed by atoms with Crippen LogP contribution in [0.25, 0.3) is 33.4 Å². The third kappa shape index (κ3) is 2.35. The van der Waals surface area contributed by atoms with Crippen molar-refractivity contribution < 1.29 is 4.39 Å². The van der Waals surface area contributed by atoms with Gasteiger partial charge in [-0.05, 0) is 30.7 Å². The minimum absolute atomic E-state index is 0.205. The molecule has 0 unspecified atom stereocenters. The van der Waals surface area contributed by atoms with Gasteiger partial charge in [-0.15, -0.1) is 0 Å². The number of nitrogens with zero attached hydrogens (tertiary/aromatic N) is 4. The SMILES string of the molecule is Cc1nn2c(ncc3c(=O)n(-c4ccccc4F)ccc32)c1-c1ccccc1. The van der Waals surface area contributed by atoms with Gasteiger partial charge in [0.1, 0.15) is 5.82 Å².